The number of thiophene rings is 1. The zero-order valence-electron chi connectivity index (χ0n) is 11.7. The lowest BCUT2D eigenvalue weighted by Gasteiger charge is -2.09. The van der Waals surface area contributed by atoms with Crippen molar-refractivity contribution in [3.05, 3.63) is 50.7 Å². The summed E-state index contributed by atoms with van der Waals surface area (Å²) in [5, 5.41) is 7.12. The first kappa shape index (κ1) is 12.4. The maximum atomic E-state index is 3.61. The quantitative estimate of drug-likeness (QED) is 0.898. The first-order valence-electron chi connectivity index (χ1n) is 7.56. The van der Waals surface area contributed by atoms with Crippen LogP contribution in [0.25, 0.3) is 0 Å². The van der Waals surface area contributed by atoms with Gasteiger partial charge in [-0.2, -0.15) is 0 Å². The Morgan fingerprint density at radius 3 is 3.05 bits per heavy atom. The zero-order chi connectivity index (χ0) is 13.4. The number of fused-ring (bicyclic) bond motifs is 2. The van der Waals surface area contributed by atoms with E-state index < -0.39 is 0 Å². The highest BCUT2D eigenvalue weighted by Crippen LogP contribution is 2.31. The molecule has 1 aromatic heterocycles. The van der Waals surface area contributed by atoms with Gasteiger partial charge >= 0.3 is 0 Å². The SMILES string of the molecule is c1cc2c(c(CNCc3cc4c(s3)CCC4)c1)NCC2. The van der Waals surface area contributed by atoms with Crippen LogP contribution in [-0.2, 0) is 32.4 Å². The summed E-state index contributed by atoms with van der Waals surface area (Å²) in [5.41, 5.74) is 5.85. The Kier molecular flexibility index (Phi) is 3.25. The van der Waals surface area contributed by atoms with Crippen molar-refractivity contribution >= 4 is 17.0 Å². The lowest BCUT2D eigenvalue weighted by atomic mass is 10.1. The molecule has 1 aromatic carbocycles. The van der Waals surface area contributed by atoms with E-state index in [4.69, 9.17) is 0 Å². The van der Waals surface area contributed by atoms with Crippen LogP contribution in [0.1, 0.15) is 32.9 Å². The molecule has 0 unspecified atom stereocenters. The van der Waals surface area contributed by atoms with Gasteiger partial charge in [-0.3, -0.25) is 0 Å². The van der Waals surface area contributed by atoms with Crippen molar-refractivity contribution in [3.8, 4) is 0 Å². The minimum Gasteiger partial charge on any atom is -0.384 e. The van der Waals surface area contributed by atoms with Gasteiger partial charge in [0.05, 0.1) is 0 Å². The average molecular weight is 284 g/mol. The van der Waals surface area contributed by atoms with E-state index in [-0.39, 0.29) is 0 Å². The highest BCUT2D eigenvalue weighted by Gasteiger charge is 2.15. The highest BCUT2D eigenvalue weighted by atomic mass is 32.1. The average Bonchev–Trinajstić information content (AvgIpc) is 3.13. The van der Waals surface area contributed by atoms with Crippen molar-refractivity contribution in [2.24, 2.45) is 0 Å². The summed E-state index contributed by atoms with van der Waals surface area (Å²) < 4.78 is 0. The van der Waals surface area contributed by atoms with Gasteiger partial charge in [-0.25, -0.2) is 0 Å². The van der Waals surface area contributed by atoms with E-state index in [9.17, 15) is 0 Å². The Morgan fingerprint density at radius 2 is 2.10 bits per heavy atom. The number of rotatable bonds is 4. The molecule has 0 radical (unpaired) electrons. The van der Waals surface area contributed by atoms with Crippen LogP contribution in [-0.4, -0.2) is 6.54 Å². The van der Waals surface area contributed by atoms with E-state index in [1.807, 2.05) is 11.3 Å². The number of hydrogen-bond acceptors (Lipinski definition) is 3. The van der Waals surface area contributed by atoms with Crippen LogP contribution in [0.15, 0.2) is 24.3 Å². The molecule has 3 heteroatoms. The molecule has 0 amide bonds. The molecule has 0 saturated heterocycles. The summed E-state index contributed by atoms with van der Waals surface area (Å²) >= 11 is 2.00. The van der Waals surface area contributed by atoms with E-state index in [0.717, 1.165) is 19.6 Å². The second-order valence-electron chi connectivity index (χ2n) is 5.75. The predicted octanol–water partition coefficient (Wildman–Crippen LogP) is 3.49. The van der Waals surface area contributed by atoms with Crippen LogP contribution in [0, 0.1) is 0 Å². The molecule has 0 bridgehead atoms. The molecule has 1 aliphatic carbocycles. The van der Waals surface area contributed by atoms with Crippen molar-refractivity contribution in [2.75, 3.05) is 11.9 Å². The van der Waals surface area contributed by atoms with Crippen LogP contribution in [0.3, 0.4) is 0 Å². The van der Waals surface area contributed by atoms with E-state index in [0.29, 0.717) is 0 Å². The lowest BCUT2D eigenvalue weighted by molar-refractivity contribution is 0.701. The number of nitrogens with one attached hydrogen (secondary N) is 2. The first-order valence-corrected chi connectivity index (χ1v) is 8.37. The van der Waals surface area contributed by atoms with Gasteiger partial charge in [0.25, 0.3) is 0 Å². The molecule has 0 fully saturated rings. The molecule has 4 rings (SSSR count). The number of hydrogen-bond donors (Lipinski definition) is 2. The smallest absolute Gasteiger partial charge is 0.0419 e. The van der Waals surface area contributed by atoms with Gasteiger partial charge in [0, 0.05) is 35.1 Å². The van der Waals surface area contributed by atoms with Crippen LogP contribution in [0.5, 0.6) is 0 Å². The van der Waals surface area contributed by atoms with Crippen molar-refractivity contribution < 1.29 is 0 Å². The third kappa shape index (κ3) is 2.25. The monoisotopic (exact) mass is 284 g/mol. The van der Waals surface area contributed by atoms with Gasteiger partial charge in [0.15, 0.2) is 0 Å². The Hall–Kier alpha value is -1.32. The van der Waals surface area contributed by atoms with Crippen LogP contribution < -0.4 is 10.6 Å². The third-order valence-electron chi connectivity index (χ3n) is 4.35. The normalized spacial score (nSPS) is 16.0. The standard InChI is InChI=1S/C17H20N2S/c1-3-12-7-8-19-17(12)14(5-1)10-18-11-15-9-13-4-2-6-16(13)20-15/h1,3,5,9,18-19H,2,4,6-8,10-11H2. The molecule has 2 aliphatic rings. The highest BCUT2D eigenvalue weighted by molar-refractivity contribution is 7.12. The summed E-state index contributed by atoms with van der Waals surface area (Å²) in [7, 11) is 0. The van der Waals surface area contributed by atoms with Crippen molar-refractivity contribution in [2.45, 2.75) is 38.8 Å². The van der Waals surface area contributed by atoms with E-state index in [1.54, 1.807) is 10.4 Å². The van der Waals surface area contributed by atoms with Crippen molar-refractivity contribution in [1.29, 1.82) is 0 Å². The maximum absolute atomic E-state index is 3.61. The fourth-order valence-corrected chi connectivity index (χ4v) is 4.59. The number of aryl methyl sites for hydroxylation is 2. The first-order chi connectivity index (χ1) is 9.90. The van der Waals surface area contributed by atoms with Gasteiger partial charge in [-0.1, -0.05) is 18.2 Å². The second kappa shape index (κ2) is 5.23. The fraction of sp³-hybridized carbons (Fsp3) is 0.412. The Bertz CT molecular complexity index is 608. The lowest BCUT2D eigenvalue weighted by Crippen LogP contribution is -2.13. The largest absolute Gasteiger partial charge is 0.384 e. The Labute approximate surface area is 124 Å². The summed E-state index contributed by atoms with van der Waals surface area (Å²) in [5.74, 6) is 0. The van der Waals surface area contributed by atoms with Crippen LogP contribution >= 0.6 is 11.3 Å². The molecule has 2 heterocycles. The van der Waals surface area contributed by atoms with Gasteiger partial charge in [-0.15, -0.1) is 11.3 Å². The summed E-state index contributed by atoms with van der Waals surface area (Å²) in [6, 6.07) is 9.07. The molecule has 2 N–H and O–H groups in total. The minimum absolute atomic E-state index is 0.957. The van der Waals surface area contributed by atoms with E-state index in [2.05, 4.69) is 34.9 Å². The second-order valence-corrected chi connectivity index (χ2v) is 6.97. The molecular weight excluding hydrogens is 264 g/mol. The third-order valence-corrected chi connectivity index (χ3v) is 5.58. The molecule has 20 heavy (non-hydrogen) atoms. The minimum atomic E-state index is 0.957. The number of anilines is 1. The van der Waals surface area contributed by atoms with E-state index >= 15 is 0 Å². The van der Waals surface area contributed by atoms with Gasteiger partial charge < -0.3 is 10.6 Å². The molecule has 0 saturated carbocycles. The molecular formula is C17H20N2S. The Balaban J connectivity index is 1.40. The van der Waals surface area contributed by atoms with Crippen LogP contribution in [0.2, 0.25) is 0 Å². The van der Waals surface area contributed by atoms with Crippen LogP contribution in [0.4, 0.5) is 5.69 Å². The molecule has 2 aromatic rings. The number of benzene rings is 1. The predicted molar refractivity (Wildman–Crippen MR) is 85.5 cm³/mol. The molecule has 0 atom stereocenters. The number of para-hydroxylation sites is 1. The molecule has 104 valence electrons. The fourth-order valence-electron chi connectivity index (χ4n) is 3.36. The van der Waals surface area contributed by atoms with Crippen molar-refractivity contribution in [1.82, 2.24) is 5.32 Å². The summed E-state index contributed by atoms with van der Waals surface area (Å²) in [4.78, 5) is 3.12. The molecule has 1 aliphatic heterocycles. The maximum Gasteiger partial charge on any atom is 0.0419 e. The topological polar surface area (TPSA) is 24.1 Å². The van der Waals surface area contributed by atoms with Gasteiger partial charge in [-0.05, 0) is 48.4 Å². The molecule has 2 nitrogen and oxygen atoms in total. The summed E-state index contributed by atoms with van der Waals surface area (Å²) in [6.07, 6.45) is 5.12. The van der Waals surface area contributed by atoms with Crippen molar-refractivity contribution in [3.63, 3.8) is 0 Å². The molecule has 0 spiro atoms. The zero-order valence-corrected chi connectivity index (χ0v) is 12.5. The van der Waals surface area contributed by atoms with E-state index in [1.165, 1.54) is 47.4 Å². The summed E-state index contributed by atoms with van der Waals surface area (Å²) in [6.45, 7) is 3.05. The van der Waals surface area contributed by atoms with Gasteiger partial charge in [0.1, 0.15) is 0 Å². The Morgan fingerprint density at radius 1 is 1.10 bits per heavy atom. The van der Waals surface area contributed by atoms with Gasteiger partial charge in [0.2, 0.25) is 0 Å².